The van der Waals surface area contributed by atoms with Gasteiger partial charge in [-0.25, -0.2) is 4.98 Å². The van der Waals surface area contributed by atoms with Crippen LogP contribution < -0.4 is 10.3 Å². The van der Waals surface area contributed by atoms with Crippen LogP contribution in [0.3, 0.4) is 0 Å². The van der Waals surface area contributed by atoms with Crippen molar-refractivity contribution in [3.63, 3.8) is 0 Å². The van der Waals surface area contributed by atoms with Crippen molar-refractivity contribution in [2.75, 3.05) is 6.54 Å². The molecular weight excluding hydrogens is 413 g/mol. The number of nitrogens with zero attached hydrogens (tertiary/aromatic N) is 3. The summed E-state index contributed by atoms with van der Waals surface area (Å²) in [4.78, 5) is 32.3. The molecule has 3 heterocycles. The lowest BCUT2D eigenvalue weighted by molar-refractivity contribution is -0.146. The van der Waals surface area contributed by atoms with E-state index >= 15 is 0 Å². The highest BCUT2D eigenvalue weighted by molar-refractivity contribution is 6.30. The van der Waals surface area contributed by atoms with Crippen molar-refractivity contribution in [1.82, 2.24) is 14.3 Å². The van der Waals surface area contributed by atoms with Crippen molar-refractivity contribution in [1.29, 1.82) is 0 Å². The summed E-state index contributed by atoms with van der Waals surface area (Å²) in [5, 5.41) is 1.04. The highest BCUT2D eigenvalue weighted by atomic mass is 35.5. The lowest BCUT2D eigenvalue weighted by atomic mass is 10.0. The van der Waals surface area contributed by atoms with E-state index in [-0.39, 0.29) is 18.0 Å². The van der Waals surface area contributed by atoms with Crippen LogP contribution in [0.2, 0.25) is 10.0 Å². The first kappa shape index (κ1) is 19.7. The third-order valence-corrected chi connectivity index (χ3v) is 5.40. The zero-order valence-electron chi connectivity index (χ0n) is 16.0. The number of rotatable bonds is 3. The molecule has 1 amide bonds. The predicted molar refractivity (Wildman–Crippen MR) is 112 cm³/mol. The number of amides is 1. The highest BCUT2D eigenvalue weighted by Crippen LogP contribution is 2.25. The fourth-order valence-electron chi connectivity index (χ4n) is 3.47. The Morgan fingerprint density at radius 1 is 1.10 bits per heavy atom. The largest absolute Gasteiger partial charge is 0.478 e. The summed E-state index contributed by atoms with van der Waals surface area (Å²) in [7, 11) is 0. The monoisotopic (exact) mass is 431 g/mol. The molecule has 0 aliphatic carbocycles. The van der Waals surface area contributed by atoms with E-state index in [9.17, 15) is 9.59 Å². The maximum atomic E-state index is 13.2. The van der Waals surface area contributed by atoms with Crippen molar-refractivity contribution in [2.45, 2.75) is 32.4 Å². The molecule has 3 aromatic rings. The van der Waals surface area contributed by atoms with Crippen LogP contribution in [0, 0.1) is 0 Å². The predicted octanol–water partition coefficient (Wildman–Crippen LogP) is 3.74. The van der Waals surface area contributed by atoms with E-state index < -0.39 is 5.60 Å². The normalized spacial score (nSPS) is 14.0. The number of pyridine rings is 1. The van der Waals surface area contributed by atoms with Gasteiger partial charge in [-0.05, 0) is 50.2 Å². The van der Waals surface area contributed by atoms with Gasteiger partial charge in [0.2, 0.25) is 0 Å². The fourth-order valence-corrected chi connectivity index (χ4v) is 3.75. The van der Waals surface area contributed by atoms with E-state index in [1.807, 2.05) is 0 Å². The first-order valence-electron chi connectivity index (χ1n) is 9.18. The van der Waals surface area contributed by atoms with E-state index in [2.05, 4.69) is 4.98 Å². The second kappa shape index (κ2) is 7.35. The summed E-state index contributed by atoms with van der Waals surface area (Å²) < 4.78 is 7.33. The molecule has 150 valence electrons. The molecule has 0 unspecified atom stereocenters. The van der Waals surface area contributed by atoms with Crippen molar-refractivity contribution in [2.24, 2.45) is 0 Å². The van der Waals surface area contributed by atoms with Gasteiger partial charge in [-0.2, -0.15) is 0 Å². The molecule has 0 radical (unpaired) electrons. The number of aromatic nitrogens is 2. The number of hydrogen-bond acceptors (Lipinski definition) is 4. The maximum absolute atomic E-state index is 13.2. The molecule has 0 saturated carbocycles. The van der Waals surface area contributed by atoms with Gasteiger partial charge in [0.1, 0.15) is 11.4 Å². The Labute approximate surface area is 177 Å². The van der Waals surface area contributed by atoms with Crippen molar-refractivity contribution in [3.05, 3.63) is 74.3 Å². The summed E-state index contributed by atoms with van der Waals surface area (Å²) in [5.74, 6) is 0.348. The second-order valence-electron chi connectivity index (χ2n) is 7.46. The number of carbonyl (C=O) groups is 1. The molecule has 1 aliphatic rings. The number of hydrogen-bond donors (Lipinski definition) is 0. The number of benzene rings is 1. The van der Waals surface area contributed by atoms with Crippen molar-refractivity contribution in [3.8, 4) is 5.75 Å². The van der Waals surface area contributed by atoms with E-state index in [1.54, 1.807) is 61.3 Å². The van der Waals surface area contributed by atoms with E-state index in [1.165, 1.54) is 4.40 Å². The average Bonchev–Trinajstić information content (AvgIpc) is 2.69. The molecule has 8 heteroatoms. The smallest absolute Gasteiger partial charge is 0.266 e. The van der Waals surface area contributed by atoms with Crippen LogP contribution in [0.25, 0.3) is 5.65 Å². The second-order valence-corrected chi connectivity index (χ2v) is 8.33. The maximum Gasteiger partial charge on any atom is 0.266 e. The van der Waals surface area contributed by atoms with Gasteiger partial charge in [-0.1, -0.05) is 23.2 Å². The molecule has 4 rings (SSSR count). The minimum Gasteiger partial charge on any atom is -0.478 e. The molecule has 0 saturated heterocycles. The zero-order chi connectivity index (χ0) is 20.8. The molecule has 29 heavy (non-hydrogen) atoms. The first-order chi connectivity index (χ1) is 13.7. The average molecular weight is 432 g/mol. The summed E-state index contributed by atoms with van der Waals surface area (Å²) in [6.07, 6.45) is 2.05. The standard InChI is InChI=1S/C21H19Cl2N3O3/c1-21(2,29-15-6-3-13(22)4-7-15)20(28)25-10-9-17-16(12-25)19(27)26-11-14(23)5-8-18(26)24-17/h3-8,11H,9-10,12H2,1-2H3. The van der Waals surface area contributed by atoms with Gasteiger partial charge in [0.05, 0.1) is 22.8 Å². The Morgan fingerprint density at radius 2 is 1.79 bits per heavy atom. The van der Waals surface area contributed by atoms with Crippen molar-refractivity contribution < 1.29 is 9.53 Å². The van der Waals surface area contributed by atoms with E-state index in [4.69, 9.17) is 27.9 Å². The lowest BCUT2D eigenvalue weighted by Gasteiger charge is -2.34. The number of carbonyl (C=O) groups excluding carboxylic acids is 1. The molecule has 0 atom stereocenters. The van der Waals surface area contributed by atoms with Crippen LogP contribution in [0.4, 0.5) is 0 Å². The molecule has 2 aromatic heterocycles. The summed E-state index contributed by atoms with van der Waals surface area (Å²) in [5.41, 5.74) is 0.463. The summed E-state index contributed by atoms with van der Waals surface area (Å²) in [6.45, 7) is 4.08. The summed E-state index contributed by atoms with van der Waals surface area (Å²) in [6, 6.07) is 10.3. The van der Waals surface area contributed by atoms with Gasteiger partial charge in [-0.3, -0.25) is 14.0 Å². The quantitative estimate of drug-likeness (QED) is 0.633. The molecule has 0 fully saturated rings. The molecule has 0 spiro atoms. The van der Waals surface area contributed by atoms with Gasteiger partial charge >= 0.3 is 0 Å². The minimum atomic E-state index is -1.10. The topological polar surface area (TPSA) is 63.9 Å². The van der Waals surface area contributed by atoms with Crippen LogP contribution in [0.1, 0.15) is 25.1 Å². The molecule has 0 bridgehead atoms. The fraction of sp³-hybridized carbons (Fsp3) is 0.286. The third-order valence-electron chi connectivity index (χ3n) is 4.92. The van der Waals surface area contributed by atoms with Gasteiger partial charge in [-0.15, -0.1) is 0 Å². The Balaban J connectivity index is 1.61. The molecular formula is C21H19Cl2N3O3. The van der Waals surface area contributed by atoms with Gasteiger partial charge < -0.3 is 9.64 Å². The third kappa shape index (κ3) is 3.82. The van der Waals surface area contributed by atoms with Crippen LogP contribution in [-0.2, 0) is 17.8 Å². The summed E-state index contributed by atoms with van der Waals surface area (Å²) >= 11 is 11.9. The van der Waals surface area contributed by atoms with Gasteiger partial charge in [0.15, 0.2) is 5.60 Å². The highest BCUT2D eigenvalue weighted by Gasteiger charge is 2.36. The van der Waals surface area contributed by atoms with Crippen LogP contribution in [0.5, 0.6) is 5.75 Å². The first-order valence-corrected chi connectivity index (χ1v) is 9.94. The Kier molecular flexibility index (Phi) is 5.00. The number of halogens is 2. The molecule has 0 N–H and O–H groups in total. The van der Waals surface area contributed by atoms with E-state index in [0.29, 0.717) is 40.0 Å². The Hall–Kier alpha value is -2.57. The number of fused-ring (bicyclic) bond motifs is 2. The van der Waals surface area contributed by atoms with Crippen LogP contribution >= 0.6 is 23.2 Å². The SMILES string of the molecule is CC(C)(Oc1ccc(Cl)cc1)C(=O)N1CCc2nc3ccc(Cl)cn3c(=O)c2C1. The Morgan fingerprint density at radius 3 is 2.52 bits per heavy atom. The molecule has 1 aliphatic heterocycles. The molecule has 6 nitrogen and oxygen atoms in total. The van der Waals surface area contributed by atoms with Gasteiger partial charge in [0.25, 0.3) is 11.5 Å². The van der Waals surface area contributed by atoms with Crippen LogP contribution in [-0.4, -0.2) is 32.3 Å². The van der Waals surface area contributed by atoms with E-state index in [0.717, 1.165) is 5.69 Å². The Bertz CT molecular complexity index is 1160. The number of ether oxygens (including phenoxy) is 1. The molecule has 1 aromatic carbocycles. The zero-order valence-corrected chi connectivity index (χ0v) is 17.5. The minimum absolute atomic E-state index is 0.183. The van der Waals surface area contributed by atoms with Crippen molar-refractivity contribution >= 4 is 34.8 Å². The lowest BCUT2D eigenvalue weighted by Crippen LogP contribution is -2.51. The van der Waals surface area contributed by atoms with Gasteiger partial charge in [0, 0.05) is 24.2 Å². The van der Waals surface area contributed by atoms with Crippen LogP contribution in [0.15, 0.2) is 47.4 Å².